The van der Waals surface area contributed by atoms with Gasteiger partial charge in [-0.05, 0) is 30.7 Å². The first-order valence-corrected chi connectivity index (χ1v) is 6.38. The van der Waals surface area contributed by atoms with Crippen molar-refractivity contribution in [2.24, 2.45) is 0 Å². The Kier molecular flexibility index (Phi) is 3.67. The van der Waals surface area contributed by atoms with Gasteiger partial charge in [-0.25, -0.2) is 0 Å². The van der Waals surface area contributed by atoms with Gasteiger partial charge in [0.05, 0.1) is 6.61 Å². The van der Waals surface area contributed by atoms with Crippen molar-refractivity contribution in [2.45, 2.75) is 30.3 Å². The average Bonchev–Trinajstić information content (AvgIpc) is 2.29. The van der Waals surface area contributed by atoms with E-state index in [-0.39, 0.29) is 12.6 Å². The normalized spacial score (nSPS) is 22.1. The Morgan fingerprint density at radius 2 is 2.33 bits per heavy atom. The van der Waals surface area contributed by atoms with Gasteiger partial charge in [-0.15, -0.1) is 11.8 Å². The number of aliphatic hydroxyl groups is 1. The molecule has 0 radical (unpaired) electrons. The number of hydrogen-bond acceptors (Lipinski definition) is 3. The zero-order valence-corrected chi connectivity index (χ0v) is 9.76. The van der Waals surface area contributed by atoms with E-state index in [1.807, 2.05) is 18.7 Å². The average molecular weight is 223 g/mol. The highest BCUT2D eigenvalue weighted by atomic mass is 32.2. The van der Waals surface area contributed by atoms with Gasteiger partial charge in [0.15, 0.2) is 0 Å². The van der Waals surface area contributed by atoms with Crippen LogP contribution in [0.4, 0.5) is 0 Å². The minimum Gasteiger partial charge on any atom is -0.395 e. The van der Waals surface area contributed by atoms with Crippen LogP contribution in [0, 0.1) is 0 Å². The van der Waals surface area contributed by atoms with E-state index in [1.165, 1.54) is 10.5 Å². The second-order valence-electron chi connectivity index (χ2n) is 3.98. The van der Waals surface area contributed by atoms with Crippen LogP contribution >= 0.6 is 11.8 Å². The van der Waals surface area contributed by atoms with Crippen molar-refractivity contribution in [3.05, 3.63) is 29.8 Å². The summed E-state index contributed by atoms with van der Waals surface area (Å²) in [6.07, 6.45) is 1.14. The van der Waals surface area contributed by atoms with Gasteiger partial charge in [0.2, 0.25) is 0 Å². The van der Waals surface area contributed by atoms with E-state index in [0.717, 1.165) is 12.2 Å². The van der Waals surface area contributed by atoms with Gasteiger partial charge in [0.1, 0.15) is 0 Å². The van der Waals surface area contributed by atoms with E-state index < -0.39 is 0 Å². The Labute approximate surface area is 95.1 Å². The molecule has 1 aromatic rings. The molecule has 3 heteroatoms. The molecular formula is C12H17NOS. The van der Waals surface area contributed by atoms with E-state index in [2.05, 4.69) is 29.6 Å². The lowest BCUT2D eigenvalue weighted by Gasteiger charge is -2.28. The third-order valence-electron chi connectivity index (χ3n) is 2.72. The fraction of sp³-hybridized carbons (Fsp3) is 0.500. The molecule has 1 aliphatic rings. The molecule has 0 aromatic heterocycles. The first-order chi connectivity index (χ1) is 7.31. The summed E-state index contributed by atoms with van der Waals surface area (Å²) in [5.41, 5.74) is 1.38. The molecule has 2 nitrogen and oxygen atoms in total. The standard InChI is InChI=1S/C12H17NOS/c1-9(8-14)13-11-6-7-15-12-5-3-2-4-10(11)12/h2-5,9,11,13-14H,6-8H2,1H3/t9-,11?/m0/s1. The first-order valence-electron chi connectivity index (χ1n) is 5.40. The van der Waals surface area contributed by atoms with Crippen molar-refractivity contribution in [1.29, 1.82) is 0 Å². The number of fused-ring (bicyclic) bond motifs is 1. The highest BCUT2D eigenvalue weighted by molar-refractivity contribution is 7.99. The largest absolute Gasteiger partial charge is 0.395 e. The van der Waals surface area contributed by atoms with E-state index in [0.29, 0.717) is 6.04 Å². The zero-order chi connectivity index (χ0) is 10.7. The summed E-state index contributed by atoms with van der Waals surface area (Å²) in [5, 5.41) is 12.5. The van der Waals surface area contributed by atoms with E-state index >= 15 is 0 Å². The molecule has 0 fully saturated rings. The molecule has 0 bridgehead atoms. The van der Waals surface area contributed by atoms with Crippen molar-refractivity contribution in [1.82, 2.24) is 5.32 Å². The van der Waals surface area contributed by atoms with Gasteiger partial charge in [-0.1, -0.05) is 18.2 Å². The summed E-state index contributed by atoms with van der Waals surface area (Å²) in [6.45, 7) is 2.22. The summed E-state index contributed by atoms with van der Waals surface area (Å²) in [4.78, 5) is 1.38. The zero-order valence-electron chi connectivity index (χ0n) is 8.94. The second-order valence-corrected chi connectivity index (χ2v) is 5.11. The Hall–Kier alpha value is -0.510. The molecule has 1 aromatic carbocycles. The van der Waals surface area contributed by atoms with Gasteiger partial charge in [0, 0.05) is 17.0 Å². The number of thioether (sulfide) groups is 1. The fourth-order valence-corrected chi connectivity index (χ4v) is 3.04. The maximum Gasteiger partial charge on any atom is 0.0582 e. The predicted molar refractivity (Wildman–Crippen MR) is 64.2 cm³/mol. The maximum absolute atomic E-state index is 9.05. The quantitative estimate of drug-likeness (QED) is 0.824. The Morgan fingerprint density at radius 1 is 1.53 bits per heavy atom. The highest BCUT2D eigenvalue weighted by Crippen LogP contribution is 2.35. The molecule has 0 saturated carbocycles. The van der Waals surface area contributed by atoms with Crippen LogP contribution in [0.2, 0.25) is 0 Å². The first kappa shape index (κ1) is 11.0. The van der Waals surface area contributed by atoms with Gasteiger partial charge in [-0.3, -0.25) is 0 Å². The third-order valence-corrected chi connectivity index (χ3v) is 3.84. The number of benzene rings is 1. The van der Waals surface area contributed by atoms with Crippen molar-refractivity contribution in [3.63, 3.8) is 0 Å². The maximum atomic E-state index is 9.05. The second kappa shape index (κ2) is 5.01. The molecule has 1 aliphatic heterocycles. The molecule has 1 heterocycles. The van der Waals surface area contributed by atoms with Crippen LogP contribution in [0.15, 0.2) is 29.2 Å². The number of rotatable bonds is 3. The number of nitrogens with one attached hydrogen (secondary N) is 1. The van der Waals surface area contributed by atoms with Gasteiger partial charge in [-0.2, -0.15) is 0 Å². The van der Waals surface area contributed by atoms with Crippen LogP contribution in [-0.4, -0.2) is 23.5 Å². The molecule has 0 spiro atoms. The summed E-state index contributed by atoms with van der Waals surface area (Å²) in [5.74, 6) is 1.16. The molecule has 0 amide bonds. The topological polar surface area (TPSA) is 32.3 Å². The molecule has 2 atom stereocenters. The van der Waals surface area contributed by atoms with Crippen LogP contribution < -0.4 is 5.32 Å². The minimum atomic E-state index is 0.172. The van der Waals surface area contributed by atoms with Crippen LogP contribution in [0.1, 0.15) is 24.9 Å². The highest BCUT2D eigenvalue weighted by Gasteiger charge is 2.20. The van der Waals surface area contributed by atoms with Gasteiger partial charge < -0.3 is 10.4 Å². The van der Waals surface area contributed by atoms with E-state index in [1.54, 1.807) is 0 Å². The molecule has 2 N–H and O–H groups in total. The molecule has 15 heavy (non-hydrogen) atoms. The van der Waals surface area contributed by atoms with Crippen molar-refractivity contribution in [2.75, 3.05) is 12.4 Å². The summed E-state index contributed by atoms with van der Waals surface area (Å²) in [6, 6.07) is 9.11. The van der Waals surface area contributed by atoms with E-state index in [9.17, 15) is 0 Å². The molecule has 0 saturated heterocycles. The predicted octanol–water partition coefficient (Wildman–Crippen LogP) is 2.19. The van der Waals surface area contributed by atoms with E-state index in [4.69, 9.17) is 5.11 Å². The minimum absolute atomic E-state index is 0.172. The molecule has 1 unspecified atom stereocenters. The Morgan fingerprint density at radius 3 is 3.13 bits per heavy atom. The summed E-state index contributed by atoms with van der Waals surface area (Å²) < 4.78 is 0. The van der Waals surface area contributed by atoms with Crippen LogP contribution in [0.3, 0.4) is 0 Å². The monoisotopic (exact) mass is 223 g/mol. The van der Waals surface area contributed by atoms with Crippen molar-refractivity contribution < 1.29 is 5.11 Å². The summed E-state index contributed by atoms with van der Waals surface area (Å²) >= 11 is 1.92. The lowest BCUT2D eigenvalue weighted by molar-refractivity contribution is 0.239. The van der Waals surface area contributed by atoms with Crippen LogP contribution in [0.5, 0.6) is 0 Å². The molecule has 0 aliphatic carbocycles. The van der Waals surface area contributed by atoms with Gasteiger partial charge >= 0.3 is 0 Å². The molecule has 2 rings (SSSR count). The van der Waals surface area contributed by atoms with Crippen LogP contribution in [0.25, 0.3) is 0 Å². The molecule has 82 valence electrons. The Bertz CT molecular complexity index is 329. The SMILES string of the molecule is C[C@@H](CO)NC1CCSc2ccccc21. The number of hydrogen-bond donors (Lipinski definition) is 2. The lowest BCUT2D eigenvalue weighted by Crippen LogP contribution is -2.34. The van der Waals surface area contributed by atoms with Crippen molar-refractivity contribution in [3.8, 4) is 0 Å². The molecular weight excluding hydrogens is 206 g/mol. The van der Waals surface area contributed by atoms with Gasteiger partial charge in [0.25, 0.3) is 0 Å². The Balaban J connectivity index is 2.15. The lowest BCUT2D eigenvalue weighted by atomic mass is 10.0. The number of aliphatic hydroxyl groups excluding tert-OH is 1. The smallest absolute Gasteiger partial charge is 0.0582 e. The third kappa shape index (κ3) is 2.54. The summed E-state index contributed by atoms with van der Waals surface area (Å²) in [7, 11) is 0. The fourth-order valence-electron chi connectivity index (χ4n) is 1.91. The van der Waals surface area contributed by atoms with Crippen LogP contribution in [-0.2, 0) is 0 Å². The van der Waals surface area contributed by atoms with Crippen molar-refractivity contribution >= 4 is 11.8 Å².